The highest BCUT2D eigenvalue weighted by Gasteiger charge is 2.27. The fourth-order valence-corrected chi connectivity index (χ4v) is 7.95. The van der Waals surface area contributed by atoms with Crippen LogP contribution in [0.5, 0.6) is 23.0 Å². The summed E-state index contributed by atoms with van der Waals surface area (Å²) in [6.07, 6.45) is 0. The molecule has 310 valence electrons. The number of fused-ring (bicyclic) bond motifs is 1. The lowest BCUT2D eigenvalue weighted by Gasteiger charge is -2.16. The Morgan fingerprint density at radius 1 is 0.632 bits per heavy atom. The van der Waals surface area contributed by atoms with E-state index in [1.54, 1.807) is 0 Å². The number of sulfone groups is 1. The number of hydrogen-bond donors (Lipinski definition) is 6. The van der Waals surface area contributed by atoms with Gasteiger partial charge in [-0.1, -0.05) is 0 Å². The SMILES string of the molecule is COc1ccc(S(=O)(=O)CCOS(=O)(=O)O)cc1N=Nc1c(NCS(=O)(=O)O)ccc2c(OC)c(N=Nc3cc(OC)c(S(=O)(=O)O)cc3O)c(S(=O)(=O)O)cc12. The zero-order valence-corrected chi connectivity index (χ0v) is 33.1. The lowest BCUT2D eigenvalue weighted by atomic mass is 10.0. The fraction of sp³-hybridized carbons (Fsp3) is 0.214. The Morgan fingerprint density at radius 3 is 1.81 bits per heavy atom. The average Bonchev–Trinajstić information content (AvgIpc) is 3.09. The number of nitrogens with one attached hydrogen (secondary N) is 1. The highest BCUT2D eigenvalue weighted by atomic mass is 32.3. The predicted octanol–water partition coefficient (Wildman–Crippen LogP) is 3.75. The number of methoxy groups -OCH3 is 3. The van der Waals surface area contributed by atoms with Crippen molar-refractivity contribution in [3.63, 3.8) is 0 Å². The molecular formula is C28H29N5O19S5. The van der Waals surface area contributed by atoms with Crippen molar-refractivity contribution >= 4 is 89.8 Å². The standard InChI is InChI=1S/C28H29N5O19S5/c1-49-22-7-4-15(53(35,36)9-8-52-57(46,47)48)10-20(22)31-32-26-17-11-25(56(43,44)45)27(28(51-3)16(17)5-6-18(26)29-14-54(37,38)39)33-30-19-12-23(50-2)24(13-21(19)34)55(40,41)42/h4-7,10-13,29,34H,8-9,14H2,1-3H3,(H,37,38,39)(H,40,41,42)(H,43,44,45)(H,46,47,48). The number of ether oxygens (including phenoxy) is 3. The minimum Gasteiger partial charge on any atom is -0.506 e. The van der Waals surface area contributed by atoms with Crippen LogP contribution in [0.15, 0.2) is 83.7 Å². The first kappa shape index (κ1) is 44.6. The molecule has 0 spiro atoms. The molecule has 6 N–H and O–H groups in total. The molecule has 0 heterocycles. The third kappa shape index (κ3) is 11.1. The molecule has 0 saturated heterocycles. The van der Waals surface area contributed by atoms with Crippen molar-refractivity contribution in [2.75, 3.05) is 44.9 Å². The number of azo groups is 2. The maximum atomic E-state index is 12.9. The molecule has 0 atom stereocenters. The molecule has 0 unspecified atom stereocenters. The van der Waals surface area contributed by atoms with E-state index in [1.165, 1.54) is 19.2 Å². The van der Waals surface area contributed by atoms with Gasteiger partial charge in [0, 0.05) is 22.9 Å². The number of phenols is 1. The third-order valence-corrected chi connectivity index (χ3v) is 11.7. The van der Waals surface area contributed by atoms with Gasteiger partial charge in [0.2, 0.25) is 0 Å². The van der Waals surface area contributed by atoms with Crippen LogP contribution in [0, 0.1) is 0 Å². The predicted molar refractivity (Wildman–Crippen MR) is 196 cm³/mol. The van der Waals surface area contributed by atoms with Crippen molar-refractivity contribution < 1.29 is 83.8 Å². The van der Waals surface area contributed by atoms with Gasteiger partial charge in [0.25, 0.3) is 30.4 Å². The lowest BCUT2D eigenvalue weighted by Crippen LogP contribution is -2.15. The second kappa shape index (κ2) is 16.8. The number of nitrogens with zero attached hydrogens (tertiary/aromatic N) is 4. The van der Waals surface area contributed by atoms with E-state index in [1.807, 2.05) is 0 Å². The molecule has 0 aliphatic carbocycles. The molecule has 0 aliphatic rings. The van der Waals surface area contributed by atoms with E-state index >= 15 is 0 Å². The maximum absolute atomic E-state index is 12.9. The summed E-state index contributed by atoms with van der Waals surface area (Å²) in [5.74, 6) is -3.97. The van der Waals surface area contributed by atoms with Crippen molar-refractivity contribution in [3.05, 3.63) is 48.5 Å². The van der Waals surface area contributed by atoms with Crippen molar-refractivity contribution in [2.45, 2.75) is 14.7 Å². The summed E-state index contributed by atoms with van der Waals surface area (Å²) in [7, 11) is -20.9. The number of benzene rings is 4. The van der Waals surface area contributed by atoms with Gasteiger partial charge < -0.3 is 24.6 Å². The maximum Gasteiger partial charge on any atom is 0.397 e. The second-order valence-corrected chi connectivity index (χ2v) is 18.4. The summed E-state index contributed by atoms with van der Waals surface area (Å²) in [4.78, 5) is -2.34. The van der Waals surface area contributed by atoms with Crippen LogP contribution < -0.4 is 19.5 Å². The largest absolute Gasteiger partial charge is 0.506 e. The van der Waals surface area contributed by atoms with Crippen molar-refractivity contribution in [3.8, 4) is 23.0 Å². The Bertz CT molecular complexity index is 2870. The molecule has 0 amide bonds. The smallest absolute Gasteiger partial charge is 0.397 e. The molecule has 4 aromatic rings. The van der Waals surface area contributed by atoms with Crippen LogP contribution in [0.2, 0.25) is 0 Å². The first-order valence-electron chi connectivity index (χ1n) is 14.9. The van der Waals surface area contributed by atoms with Gasteiger partial charge in [-0.15, -0.1) is 20.5 Å². The van der Waals surface area contributed by atoms with Crippen molar-refractivity contribution in [1.29, 1.82) is 0 Å². The van der Waals surface area contributed by atoms with Crippen molar-refractivity contribution in [1.82, 2.24) is 0 Å². The molecule has 29 heteroatoms. The Morgan fingerprint density at radius 2 is 1.25 bits per heavy atom. The second-order valence-electron chi connectivity index (χ2n) is 11.0. The molecule has 4 aromatic carbocycles. The van der Waals surface area contributed by atoms with E-state index in [0.29, 0.717) is 6.07 Å². The molecule has 0 bridgehead atoms. The Balaban J connectivity index is 1.99. The highest BCUT2D eigenvalue weighted by Crippen LogP contribution is 2.48. The van der Waals surface area contributed by atoms with Gasteiger partial charge in [-0.25, -0.2) is 12.6 Å². The van der Waals surface area contributed by atoms with E-state index in [0.717, 1.165) is 44.6 Å². The number of rotatable bonds is 17. The van der Waals surface area contributed by atoms with Gasteiger partial charge in [0.15, 0.2) is 15.6 Å². The van der Waals surface area contributed by atoms with Gasteiger partial charge >= 0.3 is 10.4 Å². The normalized spacial score (nSPS) is 13.0. The molecule has 4 rings (SSSR count). The van der Waals surface area contributed by atoms with E-state index in [9.17, 15) is 60.9 Å². The zero-order valence-electron chi connectivity index (χ0n) is 29.0. The fourth-order valence-electron chi connectivity index (χ4n) is 4.80. The highest BCUT2D eigenvalue weighted by molar-refractivity contribution is 7.91. The monoisotopic (exact) mass is 899 g/mol. The van der Waals surface area contributed by atoms with Crippen LogP contribution in [0.4, 0.5) is 28.4 Å². The molecule has 0 radical (unpaired) electrons. The summed E-state index contributed by atoms with van der Waals surface area (Å²) in [6, 6.07) is 7.74. The van der Waals surface area contributed by atoms with Crippen LogP contribution >= 0.6 is 0 Å². The van der Waals surface area contributed by atoms with E-state index in [-0.39, 0.29) is 27.9 Å². The van der Waals surface area contributed by atoms with Crippen LogP contribution in [-0.2, 0) is 54.8 Å². The topological polar surface area (TPSA) is 370 Å². The lowest BCUT2D eigenvalue weighted by molar-refractivity contribution is 0.284. The van der Waals surface area contributed by atoms with E-state index < -0.39 is 118 Å². The molecule has 57 heavy (non-hydrogen) atoms. The van der Waals surface area contributed by atoms with E-state index in [4.69, 9.17) is 18.8 Å². The average molecular weight is 900 g/mol. The minimum atomic E-state index is -5.30. The summed E-state index contributed by atoms with van der Waals surface area (Å²) in [5, 5.41) is 28.1. The Kier molecular flexibility index (Phi) is 13.1. The first-order chi connectivity index (χ1) is 26.3. The number of aromatic hydroxyl groups is 1. The first-order valence-corrected chi connectivity index (χ1v) is 22.4. The zero-order chi connectivity index (χ0) is 42.7. The summed E-state index contributed by atoms with van der Waals surface area (Å²) in [6.45, 7) is -0.960. The molecule has 0 fully saturated rings. The van der Waals surface area contributed by atoms with Crippen LogP contribution in [0.25, 0.3) is 10.8 Å². The Hall–Kier alpha value is -5.11. The van der Waals surface area contributed by atoms with Gasteiger partial charge in [-0.2, -0.15) is 33.7 Å². The molecule has 0 saturated carbocycles. The van der Waals surface area contributed by atoms with Gasteiger partial charge in [-0.05, 0) is 36.4 Å². The van der Waals surface area contributed by atoms with Crippen LogP contribution in [0.3, 0.4) is 0 Å². The number of hydrogen-bond acceptors (Lipinski definition) is 20. The molecule has 0 aromatic heterocycles. The number of phenolic OH excluding ortho intramolecular Hbond substituents is 1. The van der Waals surface area contributed by atoms with Gasteiger partial charge in [0.1, 0.15) is 55.7 Å². The Labute approximate surface area is 323 Å². The minimum absolute atomic E-state index is 0.0733. The quantitative estimate of drug-likeness (QED) is 0.0649. The summed E-state index contributed by atoms with van der Waals surface area (Å²) < 4.78 is 177. The van der Waals surface area contributed by atoms with Crippen LogP contribution in [-0.4, -0.2) is 105 Å². The van der Waals surface area contributed by atoms with Gasteiger partial charge in [0.05, 0.1) is 44.3 Å². The van der Waals surface area contributed by atoms with E-state index in [2.05, 4.69) is 30.0 Å². The van der Waals surface area contributed by atoms with Gasteiger partial charge in [-0.3, -0.25) is 18.2 Å². The molecular weight excluding hydrogens is 871 g/mol. The van der Waals surface area contributed by atoms with Crippen molar-refractivity contribution in [2.24, 2.45) is 20.5 Å². The molecule has 0 aliphatic heterocycles. The third-order valence-electron chi connectivity index (χ3n) is 7.26. The summed E-state index contributed by atoms with van der Waals surface area (Å²) in [5.41, 5.74) is -2.20. The number of anilines is 1. The van der Waals surface area contributed by atoms with Crippen LogP contribution in [0.1, 0.15) is 0 Å². The summed E-state index contributed by atoms with van der Waals surface area (Å²) >= 11 is 0. The molecule has 24 nitrogen and oxygen atoms in total.